The van der Waals surface area contributed by atoms with Gasteiger partial charge >= 0.3 is 5.97 Å². The van der Waals surface area contributed by atoms with Crippen LogP contribution >= 0.6 is 0 Å². The molecule has 2 nitrogen and oxygen atoms in total. The molecule has 0 aromatic heterocycles. The van der Waals surface area contributed by atoms with E-state index in [0.717, 1.165) is 12.0 Å². The Balaban J connectivity index is 1.76. The molecule has 1 aliphatic carbocycles. The molecule has 0 bridgehead atoms. The number of hydrogen-bond donors (Lipinski definition) is 1. The molecule has 0 saturated heterocycles. The lowest BCUT2D eigenvalue weighted by atomic mass is 9.84. The molecule has 0 spiro atoms. The van der Waals surface area contributed by atoms with Gasteiger partial charge in [0.15, 0.2) is 0 Å². The molecule has 2 aromatic rings. The summed E-state index contributed by atoms with van der Waals surface area (Å²) in [5.74, 6) is -0.553. The molecule has 1 aliphatic rings. The van der Waals surface area contributed by atoms with Crippen LogP contribution in [0.15, 0.2) is 66.8 Å². The molecule has 3 rings (SSSR count). The van der Waals surface area contributed by atoms with E-state index in [0.29, 0.717) is 11.5 Å². The van der Waals surface area contributed by atoms with Crippen LogP contribution in [0.25, 0.3) is 5.57 Å². The van der Waals surface area contributed by atoms with E-state index < -0.39 is 5.97 Å². The Morgan fingerprint density at radius 1 is 1.00 bits per heavy atom. The predicted octanol–water partition coefficient (Wildman–Crippen LogP) is 5.49. The first-order valence-corrected chi connectivity index (χ1v) is 8.66. The highest BCUT2D eigenvalue weighted by molar-refractivity contribution is 5.87. The van der Waals surface area contributed by atoms with Crippen molar-refractivity contribution in [1.29, 1.82) is 0 Å². The van der Waals surface area contributed by atoms with E-state index in [1.54, 1.807) is 12.1 Å². The van der Waals surface area contributed by atoms with E-state index in [4.69, 9.17) is 5.11 Å². The maximum Gasteiger partial charge on any atom is 0.335 e. The first-order valence-electron chi connectivity index (χ1n) is 8.66. The van der Waals surface area contributed by atoms with Crippen molar-refractivity contribution in [2.45, 2.75) is 32.6 Å². The number of rotatable bonds is 4. The van der Waals surface area contributed by atoms with Crippen LogP contribution in [-0.2, 0) is 11.8 Å². The molecule has 25 heavy (non-hydrogen) atoms. The Morgan fingerprint density at radius 2 is 1.64 bits per heavy atom. The van der Waals surface area contributed by atoms with Crippen LogP contribution in [0, 0.1) is 5.92 Å². The van der Waals surface area contributed by atoms with E-state index in [2.05, 4.69) is 63.3 Å². The van der Waals surface area contributed by atoms with Crippen molar-refractivity contribution in [1.82, 2.24) is 0 Å². The summed E-state index contributed by atoms with van der Waals surface area (Å²) < 4.78 is 0. The molecule has 2 aromatic carbocycles. The Kier molecular flexibility index (Phi) is 4.63. The second kappa shape index (κ2) is 6.72. The van der Waals surface area contributed by atoms with Gasteiger partial charge in [-0.3, -0.25) is 0 Å². The largest absolute Gasteiger partial charge is 0.478 e. The van der Waals surface area contributed by atoms with E-state index in [1.807, 2.05) is 12.1 Å². The molecule has 2 heteroatoms. The van der Waals surface area contributed by atoms with Gasteiger partial charge in [-0.15, -0.1) is 0 Å². The lowest BCUT2D eigenvalue weighted by molar-refractivity contribution is 0.0697. The number of aromatic carboxylic acids is 1. The normalized spacial score (nSPS) is 16.8. The summed E-state index contributed by atoms with van der Waals surface area (Å²) in [6.45, 7) is 6.67. The molecule has 0 fully saturated rings. The SMILES string of the molecule is CC(C)(C)c1ccc(C2=CC=CC2Cc2ccc(C(=O)O)cc2)cc1. The standard InChI is InChI=1S/C23H24O2/c1-23(2,3)20-13-11-17(12-14-20)21-6-4-5-19(21)15-16-7-9-18(10-8-16)22(24)25/h4-14,19H,15H2,1-3H3,(H,24,25). The van der Waals surface area contributed by atoms with Crippen molar-refractivity contribution in [2.24, 2.45) is 5.92 Å². The van der Waals surface area contributed by atoms with Crippen molar-refractivity contribution in [3.63, 3.8) is 0 Å². The fraction of sp³-hybridized carbons (Fsp3) is 0.261. The Hall–Kier alpha value is -2.61. The van der Waals surface area contributed by atoms with Gasteiger partial charge in [0.2, 0.25) is 0 Å². The van der Waals surface area contributed by atoms with E-state index in [9.17, 15) is 4.79 Å². The minimum Gasteiger partial charge on any atom is -0.478 e. The molecule has 1 atom stereocenters. The molecule has 1 unspecified atom stereocenters. The van der Waals surface area contributed by atoms with Crippen molar-refractivity contribution in [2.75, 3.05) is 0 Å². The molecule has 0 radical (unpaired) electrons. The van der Waals surface area contributed by atoms with E-state index in [-0.39, 0.29) is 5.41 Å². The molecule has 128 valence electrons. The fourth-order valence-corrected chi connectivity index (χ4v) is 3.21. The monoisotopic (exact) mass is 332 g/mol. The molecule has 0 aliphatic heterocycles. The number of hydrogen-bond acceptors (Lipinski definition) is 1. The minimum atomic E-state index is -0.883. The van der Waals surface area contributed by atoms with Crippen LogP contribution in [0.1, 0.15) is 47.8 Å². The summed E-state index contributed by atoms with van der Waals surface area (Å²) in [5.41, 5.74) is 5.56. The van der Waals surface area contributed by atoms with Gasteiger partial charge in [-0.1, -0.05) is 75.4 Å². The van der Waals surface area contributed by atoms with Crippen molar-refractivity contribution < 1.29 is 9.90 Å². The third kappa shape index (κ3) is 3.90. The number of carboxylic acid groups (broad SMARTS) is 1. The van der Waals surface area contributed by atoms with Crippen LogP contribution in [-0.4, -0.2) is 11.1 Å². The average Bonchev–Trinajstić information content (AvgIpc) is 3.03. The van der Waals surface area contributed by atoms with Crippen LogP contribution in [0.5, 0.6) is 0 Å². The average molecular weight is 332 g/mol. The first kappa shape index (κ1) is 17.2. The number of allylic oxidation sites excluding steroid dienone is 4. The summed E-state index contributed by atoms with van der Waals surface area (Å²) in [7, 11) is 0. The van der Waals surface area contributed by atoms with Crippen molar-refractivity contribution >= 4 is 11.5 Å². The van der Waals surface area contributed by atoms with Gasteiger partial charge in [-0.05, 0) is 46.2 Å². The first-order chi connectivity index (χ1) is 11.8. The van der Waals surface area contributed by atoms with Crippen LogP contribution in [0.3, 0.4) is 0 Å². The molecular weight excluding hydrogens is 308 g/mol. The van der Waals surface area contributed by atoms with Crippen LogP contribution in [0.2, 0.25) is 0 Å². The van der Waals surface area contributed by atoms with Gasteiger partial charge in [-0.2, -0.15) is 0 Å². The maximum atomic E-state index is 11.0. The topological polar surface area (TPSA) is 37.3 Å². The number of carbonyl (C=O) groups is 1. The van der Waals surface area contributed by atoms with Crippen molar-refractivity contribution in [3.05, 3.63) is 89.0 Å². The second-order valence-electron chi connectivity index (χ2n) is 7.65. The molecule has 0 amide bonds. The van der Waals surface area contributed by atoms with E-state index >= 15 is 0 Å². The van der Waals surface area contributed by atoms with Crippen LogP contribution in [0.4, 0.5) is 0 Å². The molecule has 0 saturated carbocycles. The summed E-state index contributed by atoms with van der Waals surface area (Å²) in [4.78, 5) is 11.0. The maximum absolute atomic E-state index is 11.0. The van der Waals surface area contributed by atoms with Crippen LogP contribution < -0.4 is 0 Å². The zero-order chi connectivity index (χ0) is 18.0. The Morgan fingerprint density at radius 3 is 2.20 bits per heavy atom. The number of carboxylic acids is 1. The minimum absolute atomic E-state index is 0.159. The zero-order valence-electron chi connectivity index (χ0n) is 15.0. The molecule has 1 N–H and O–H groups in total. The van der Waals surface area contributed by atoms with E-state index in [1.165, 1.54) is 16.7 Å². The third-order valence-corrected chi connectivity index (χ3v) is 4.76. The highest BCUT2D eigenvalue weighted by Gasteiger charge is 2.19. The zero-order valence-corrected chi connectivity index (χ0v) is 15.0. The second-order valence-corrected chi connectivity index (χ2v) is 7.65. The lowest BCUT2D eigenvalue weighted by Gasteiger charge is -2.20. The highest BCUT2D eigenvalue weighted by Crippen LogP contribution is 2.33. The van der Waals surface area contributed by atoms with Gasteiger partial charge in [0.25, 0.3) is 0 Å². The number of benzene rings is 2. The molecule has 0 heterocycles. The summed E-state index contributed by atoms with van der Waals surface area (Å²) in [5, 5.41) is 9.01. The van der Waals surface area contributed by atoms with Gasteiger partial charge < -0.3 is 5.11 Å². The van der Waals surface area contributed by atoms with Crippen molar-refractivity contribution in [3.8, 4) is 0 Å². The quantitative estimate of drug-likeness (QED) is 0.803. The van der Waals surface area contributed by atoms with Gasteiger partial charge in [0.1, 0.15) is 0 Å². The highest BCUT2D eigenvalue weighted by atomic mass is 16.4. The van der Waals surface area contributed by atoms with Gasteiger partial charge in [0, 0.05) is 5.92 Å². The summed E-state index contributed by atoms with van der Waals surface area (Å²) >= 11 is 0. The predicted molar refractivity (Wildman–Crippen MR) is 103 cm³/mol. The third-order valence-electron chi connectivity index (χ3n) is 4.76. The van der Waals surface area contributed by atoms with Gasteiger partial charge in [-0.25, -0.2) is 4.79 Å². The lowest BCUT2D eigenvalue weighted by Crippen LogP contribution is -2.11. The smallest absolute Gasteiger partial charge is 0.335 e. The molecular formula is C23H24O2. The Labute approximate surface area is 149 Å². The summed E-state index contributed by atoms with van der Waals surface area (Å²) in [6.07, 6.45) is 7.40. The summed E-state index contributed by atoms with van der Waals surface area (Å²) in [6, 6.07) is 16.0. The van der Waals surface area contributed by atoms with Gasteiger partial charge in [0.05, 0.1) is 5.56 Å². The fourth-order valence-electron chi connectivity index (χ4n) is 3.21. The Bertz CT molecular complexity index is 816.